The molecule has 0 heterocycles. The molecule has 0 amide bonds. The van der Waals surface area contributed by atoms with Crippen LogP contribution in [0.2, 0.25) is 0 Å². The normalized spacial score (nSPS) is 10.4. The third-order valence-electron chi connectivity index (χ3n) is 1.98. The number of nitrogens with two attached hydrogens (primary N) is 1. The van der Waals surface area contributed by atoms with E-state index in [1.165, 1.54) is 0 Å². The summed E-state index contributed by atoms with van der Waals surface area (Å²) < 4.78 is 11.6. The lowest BCUT2D eigenvalue weighted by Crippen LogP contribution is -2.11. The van der Waals surface area contributed by atoms with Crippen LogP contribution in [0.5, 0.6) is 5.75 Å². The van der Waals surface area contributed by atoms with Gasteiger partial charge in [-0.2, -0.15) is 0 Å². The van der Waals surface area contributed by atoms with E-state index in [0.717, 1.165) is 15.8 Å². The van der Waals surface area contributed by atoms with Gasteiger partial charge in [0.15, 0.2) is 0 Å². The van der Waals surface area contributed by atoms with Crippen molar-refractivity contribution >= 4 is 15.9 Å². The molecule has 0 radical (unpaired) electrons. The molecular formula is C11H16BrNO3. The monoisotopic (exact) mass is 289 g/mol. The highest BCUT2D eigenvalue weighted by molar-refractivity contribution is 9.10. The summed E-state index contributed by atoms with van der Waals surface area (Å²) in [5.41, 5.74) is 6.56. The van der Waals surface area contributed by atoms with Gasteiger partial charge in [-0.05, 0) is 22.0 Å². The number of benzene rings is 1. The van der Waals surface area contributed by atoms with Crippen LogP contribution in [0.25, 0.3) is 0 Å². The minimum atomic E-state index is 0.0308. The number of hydrogen-bond acceptors (Lipinski definition) is 4. The summed E-state index contributed by atoms with van der Waals surface area (Å²) >= 11 is 3.41. The zero-order valence-corrected chi connectivity index (χ0v) is 10.6. The smallest absolute Gasteiger partial charge is 0.138 e. The van der Waals surface area contributed by atoms with Crippen molar-refractivity contribution < 1.29 is 14.6 Å². The maximum Gasteiger partial charge on any atom is 0.138 e. The van der Waals surface area contributed by atoms with Crippen molar-refractivity contribution in [3.63, 3.8) is 0 Å². The van der Waals surface area contributed by atoms with Gasteiger partial charge in [-0.3, -0.25) is 0 Å². The van der Waals surface area contributed by atoms with E-state index in [2.05, 4.69) is 15.9 Å². The summed E-state index contributed by atoms with van der Waals surface area (Å²) in [6.45, 7) is 1.69. The Hall–Kier alpha value is -0.620. The van der Waals surface area contributed by atoms with Gasteiger partial charge in [0.05, 0.1) is 24.3 Å². The molecule has 1 aromatic carbocycles. The molecule has 1 aromatic rings. The molecule has 0 aromatic heterocycles. The summed E-state index contributed by atoms with van der Waals surface area (Å²) in [6, 6.07) is 5.75. The third-order valence-corrected chi connectivity index (χ3v) is 2.60. The Morgan fingerprint density at radius 2 is 2.06 bits per heavy atom. The first-order valence-corrected chi connectivity index (χ1v) is 5.87. The van der Waals surface area contributed by atoms with Crippen LogP contribution in [0, 0.1) is 0 Å². The molecule has 5 heteroatoms. The van der Waals surface area contributed by atoms with Crippen molar-refractivity contribution in [3.8, 4) is 5.75 Å². The molecule has 16 heavy (non-hydrogen) atoms. The highest BCUT2D eigenvalue weighted by Crippen LogP contribution is 2.28. The number of para-hydroxylation sites is 1. The van der Waals surface area contributed by atoms with Crippen molar-refractivity contribution in [1.82, 2.24) is 0 Å². The van der Waals surface area contributed by atoms with Gasteiger partial charge in [0, 0.05) is 12.1 Å². The van der Waals surface area contributed by atoms with E-state index in [9.17, 15) is 0 Å². The van der Waals surface area contributed by atoms with E-state index in [4.69, 9.17) is 20.3 Å². The zero-order valence-electron chi connectivity index (χ0n) is 8.99. The maximum atomic E-state index is 8.52. The summed E-state index contributed by atoms with van der Waals surface area (Å²) in [5, 5.41) is 8.52. The molecule has 0 unspecified atom stereocenters. The SMILES string of the molecule is NCc1cccc(Br)c1OCCOCCO. The second kappa shape index (κ2) is 7.62. The Labute approximate surface area is 103 Å². The molecule has 3 N–H and O–H groups in total. The van der Waals surface area contributed by atoms with Crippen LogP contribution in [0.1, 0.15) is 5.56 Å². The number of rotatable bonds is 7. The molecule has 0 fully saturated rings. The van der Waals surface area contributed by atoms with Crippen molar-refractivity contribution in [2.75, 3.05) is 26.4 Å². The molecule has 0 aliphatic carbocycles. The highest BCUT2D eigenvalue weighted by atomic mass is 79.9. The second-order valence-electron chi connectivity index (χ2n) is 3.12. The Balaban J connectivity index is 2.46. The largest absolute Gasteiger partial charge is 0.490 e. The molecule has 4 nitrogen and oxygen atoms in total. The van der Waals surface area contributed by atoms with E-state index in [-0.39, 0.29) is 6.61 Å². The van der Waals surface area contributed by atoms with Crippen LogP contribution >= 0.6 is 15.9 Å². The van der Waals surface area contributed by atoms with Gasteiger partial charge >= 0.3 is 0 Å². The third kappa shape index (κ3) is 4.09. The number of aliphatic hydroxyl groups excluding tert-OH is 1. The molecule has 0 aliphatic rings. The Morgan fingerprint density at radius 1 is 1.25 bits per heavy atom. The van der Waals surface area contributed by atoms with Gasteiger partial charge < -0.3 is 20.3 Å². The fourth-order valence-corrected chi connectivity index (χ4v) is 1.77. The van der Waals surface area contributed by atoms with E-state index in [1.54, 1.807) is 0 Å². The number of halogens is 1. The summed E-state index contributed by atoms with van der Waals surface area (Å²) in [7, 11) is 0. The lowest BCUT2D eigenvalue weighted by molar-refractivity contribution is 0.0701. The minimum Gasteiger partial charge on any atom is -0.490 e. The molecular weight excluding hydrogens is 274 g/mol. The topological polar surface area (TPSA) is 64.7 Å². The van der Waals surface area contributed by atoms with Crippen LogP contribution in [0.4, 0.5) is 0 Å². The zero-order chi connectivity index (χ0) is 11.8. The Bertz CT molecular complexity index is 320. The molecule has 0 spiro atoms. The lowest BCUT2D eigenvalue weighted by atomic mass is 10.2. The van der Waals surface area contributed by atoms with E-state index >= 15 is 0 Å². The van der Waals surface area contributed by atoms with Gasteiger partial charge in [0.25, 0.3) is 0 Å². The summed E-state index contributed by atoms with van der Waals surface area (Å²) in [5.74, 6) is 0.762. The van der Waals surface area contributed by atoms with Crippen LogP contribution in [-0.4, -0.2) is 31.5 Å². The lowest BCUT2D eigenvalue weighted by Gasteiger charge is -2.12. The second-order valence-corrected chi connectivity index (χ2v) is 3.97. The van der Waals surface area contributed by atoms with Gasteiger partial charge in [0.1, 0.15) is 12.4 Å². The highest BCUT2D eigenvalue weighted by Gasteiger charge is 2.06. The van der Waals surface area contributed by atoms with Crippen molar-refractivity contribution in [1.29, 1.82) is 0 Å². The molecule has 0 aliphatic heterocycles. The van der Waals surface area contributed by atoms with Crippen molar-refractivity contribution in [3.05, 3.63) is 28.2 Å². The molecule has 1 rings (SSSR count). The maximum absolute atomic E-state index is 8.52. The minimum absolute atomic E-state index is 0.0308. The van der Waals surface area contributed by atoms with Crippen LogP contribution in [-0.2, 0) is 11.3 Å². The van der Waals surface area contributed by atoms with Crippen LogP contribution in [0.3, 0.4) is 0 Å². The van der Waals surface area contributed by atoms with Crippen molar-refractivity contribution in [2.24, 2.45) is 5.73 Å². The Morgan fingerprint density at radius 3 is 2.75 bits per heavy atom. The molecule has 0 bridgehead atoms. The number of ether oxygens (including phenoxy) is 2. The first-order valence-electron chi connectivity index (χ1n) is 5.08. The van der Waals surface area contributed by atoms with Crippen LogP contribution in [0.15, 0.2) is 22.7 Å². The molecule has 0 atom stereocenters. The van der Waals surface area contributed by atoms with Gasteiger partial charge in [0.2, 0.25) is 0 Å². The summed E-state index contributed by atoms with van der Waals surface area (Å²) in [4.78, 5) is 0. The predicted molar refractivity (Wildman–Crippen MR) is 65.4 cm³/mol. The van der Waals surface area contributed by atoms with Gasteiger partial charge in [-0.15, -0.1) is 0 Å². The average Bonchev–Trinajstić information content (AvgIpc) is 2.30. The van der Waals surface area contributed by atoms with Gasteiger partial charge in [-0.25, -0.2) is 0 Å². The predicted octanol–water partition coefficient (Wildman–Crippen LogP) is 1.30. The van der Waals surface area contributed by atoms with E-state index in [0.29, 0.717) is 26.4 Å². The van der Waals surface area contributed by atoms with Crippen LogP contribution < -0.4 is 10.5 Å². The fourth-order valence-electron chi connectivity index (χ4n) is 1.25. The first kappa shape index (κ1) is 13.4. The standard InChI is InChI=1S/C11H16BrNO3/c12-10-3-1-2-9(8-13)11(10)16-7-6-15-5-4-14/h1-3,14H,4-8,13H2. The summed E-state index contributed by atoms with van der Waals surface area (Å²) in [6.07, 6.45) is 0. The first-order chi connectivity index (χ1) is 7.79. The molecule has 90 valence electrons. The van der Waals surface area contributed by atoms with Gasteiger partial charge in [-0.1, -0.05) is 12.1 Å². The van der Waals surface area contributed by atoms with E-state index < -0.39 is 0 Å². The molecule has 0 saturated heterocycles. The Kier molecular flexibility index (Phi) is 6.40. The average molecular weight is 290 g/mol. The van der Waals surface area contributed by atoms with E-state index in [1.807, 2.05) is 18.2 Å². The molecule has 0 saturated carbocycles. The van der Waals surface area contributed by atoms with Crippen molar-refractivity contribution in [2.45, 2.75) is 6.54 Å². The number of aliphatic hydroxyl groups is 1. The quantitative estimate of drug-likeness (QED) is 0.743. The number of hydrogen-bond donors (Lipinski definition) is 2. The fraction of sp³-hybridized carbons (Fsp3) is 0.455.